The average molecular weight is 462 g/mol. The predicted octanol–water partition coefficient (Wildman–Crippen LogP) is 5.67. The normalized spacial score (nSPS) is 19.4. The molecular weight excluding hydrogens is 430 g/mol. The van der Waals surface area contributed by atoms with Crippen LogP contribution in [0.1, 0.15) is 33.1 Å². The van der Waals surface area contributed by atoms with Crippen molar-refractivity contribution in [2.45, 2.75) is 49.0 Å². The fourth-order valence-corrected chi connectivity index (χ4v) is 5.52. The number of anilines is 2. The van der Waals surface area contributed by atoms with Gasteiger partial charge in [0.2, 0.25) is 0 Å². The van der Waals surface area contributed by atoms with Crippen molar-refractivity contribution in [2.75, 3.05) is 30.1 Å². The molecule has 5 nitrogen and oxygen atoms in total. The van der Waals surface area contributed by atoms with Crippen LogP contribution in [0.15, 0.2) is 52.3 Å². The van der Waals surface area contributed by atoms with Crippen LogP contribution in [-0.2, 0) is 4.79 Å². The number of hydrogen-bond donors (Lipinski definition) is 2. The fraction of sp³-hybridized carbons (Fsp3) is 0.458. The third-order valence-corrected chi connectivity index (χ3v) is 7.77. The number of para-hydroxylation sites is 1. The highest BCUT2D eigenvalue weighted by atomic mass is 32.2. The lowest BCUT2D eigenvalue weighted by atomic mass is 9.86. The second kappa shape index (κ2) is 10.7. The Morgan fingerprint density at radius 2 is 2.06 bits per heavy atom. The highest BCUT2D eigenvalue weighted by Gasteiger charge is 2.33. The number of hydrogen-bond acceptors (Lipinski definition) is 6. The number of nitrogens with zero attached hydrogens (tertiary/aromatic N) is 1. The minimum absolute atomic E-state index is 0.162. The third kappa shape index (κ3) is 5.90. The predicted molar refractivity (Wildman–Crippen MR) is 129 cm³/mol. The third-order valence-electron chi connectivity index (χ3n) is 5.54. The van der Waals surface area contributed by atoms with Crippen molar-refractivity contribution in [1.82, 2.24) is 0 Å². The van der Waals surface area contributed by atoms with Gasteiger partial charge in [-0.25, -0.2) is 4.79 Å². The largest absolute Gasteiger partial charge is 0.489 e. The lowest BCUT2D eigenvalue weighted by molar-refractivity contribution is -0.148. The number of fused-ring (bicyclic) bond motifs is 1. The fourth-order valence-electron chi connectivity index (χ4n) is 3.73. The van der Waals surface area contributed by atoms with Crippen LogP contribution in [0.25, 0.3) is 0 Å². The number of rotatable bonds is 9. The molecule has 31 heavy (non-hydrogen) atoms. The van der Waals surface area contributed by atoms with Gasteiger partial charge in [-0.2, -0.15) is 0 Å². The van der Waals surface area contributed by atoms with Gasteiger partial charge in [-0.1, -0.05) is 44.9 Å². The van der Waals surface area contributed by atoms with Crippen molar-refractivity contribution in [3.05, 3.63) is 42.5 Å². The van der Waals surface area contributed by atoms with E-state index in [1.54, 1.807) is 11.8 Å². The molecule has 0 radical (unpaired) electrons. The molecule has 1 aliphatic rings. The zero-order valence-electron chi connectivity index (χ0n) is 18.3. The molecule has 0 spiro atoms. The van der Waals surface area contributed by atoms with Gasteiger partial charge in [0.25, 0.3) is 0 Å². The minimum atomic E-state index is -1.54. The Hall–Kier alpha value is -1.83. The van der Waals surface area contributed by atoms with Crippen LogP contribution in [0.3, 0.4) is 0 Å². The maximum absolute atomic E-state index is 11.0. The topological polar surface area (TPSA) is 70.0 Å². The van der Waals surface area contributed by atoms with Crippen LogP contribution < -0.4 is 9.64 Å². The second-order valence-electron chi connectivity index (χ2n) is 8.26. The molecule has 0 amide bonds. The van der Waals surface area contributed by atoms with Crippen LogP contribution in [-0.4, -0.2) is 47.4 Å². The van der Waals surface area contributed by atoms with E-state index in [1.807, 2.05) is 30.2 Å². The Bertz CT molecular complexity index is 893. The van der Waals surface area contributed by atoms with Crippen molar-refractivity contribution >= 4 is 40.9 Å². The number of ether oxygens (including phenoxy) is 1. The molecule has 7 heteroatoms. The lowest BCUT2D eigenvalue weighted by Gasteiger charge is -2.34. The maximum Gasteiger partial charge on any atom is 0.336 e. The number of carboxylic acid groups (broad SMARTS) is 1. The monoisotopic (exact) mass is 461 g/mol. The van der Waals surface area contributed by atoms with Crippen molar-refractivity contribution < 1.29 is 19.7 Å². The van der Waals surface area contributed by atoms with Crippen LogP contribution in [0.2, 0.25) is 0 Å². The highest BCUT2D eigenvalue weighted by molar-refractivity contribution is 7.99. The summed E-state index contributed by atoms with van der Waals surface area (Å²) >= 11 is 3.39. The summed E-state index contributed by atoms with van der Waals surface area (Å²) in [6.45, 7) is 5.26. The van der Waals surface area contributed by atoms with Gasteiger partial charge >= 0.3 is 5.97 Å². The number of aliphatic hydroxyl groups is 1. The second-order valence-corrected chi connectivity index (χ2v) is 10.1. The Balaban J connectivity index is 2.00. The molecule has 2 atom stereocenters. The summed E-state index contributed by atoms with van der Waals surface area (Å²) < 4.78 is 5.73. The van der Waals surface area contributed by atoms with Gasteiger partial charge in [0.15, 0.2) is 6.10 Å². The molecule has 1 heterocycles. The zero-order chi connectivity index (χ0) is 22.4. The molecule has 0 aliphatic carbocycles. The Labute approximate surface area is 193 Å². The van der Waals surface area contributed by atoms with E-state index in [4.69, 9.17) is 9.84 Å². The molecule has 2 aromatic carbocycles. The molecule has 2 aromatic rings. The molecule has 0 aromatic heterocycles. The minimum Gasteiger partial charge on any atom is -0.489 e. The van der Waals surface area contributed by atoms with E-state index in [2.05, 4.69) is 49.1 Å². The molecule has 0 fully saturated rings. The maximum atomic E-state index is 11.0. The highest BCUT2D eigenvalue weighted by Crippen LogP contribution is 2.48. The summed E-state index contributed by atoms with van der Waals surface area (Å²) in [6, 6.07) is 14.6. The van der Waals surface area contributed by atoms with Gasteiger partial charge < -0.3 is 19.8 Å². The molecule has 0 saturated carbocycles. The molecule has 2 unspecified atom stereocenters. The summed E-state index contributed by atoms with van der Waals surface area (Å²) in [5.74, 6) is 0.333. The number of unbranched alkanes of at least 4 members (excludes halogenated alkanes) is 1. The number of thioether (sulfide) groups is 2. The molecule has 0 bridgehead atoms. The summed E-state index contributed by atoms with van der Waals surface area (Å²) in [5, 5.41) is 18.6. The van der Waals surface area contributed by atoms with Gasteiger partial charge in [0.05, 0.1) is 10.6 Å². The van der Waals surface area contributed by atoms with Crippen molar-refractivity contribution in [3.63, 3.8) is 0 Å². The quantitative estimate of drug-likeness (QED) is 0.466. The average Bonchev–Trinajstić information content (AvgIpc) is 2.92. The molecule has 168 valence electrons. The number of carbonyl (C=O) groups is 1. The zero-order valence-corrected chi connectivity index (χ0v) is 20.0. The summed E-state index contributed by atoms with van der Waals surface area (Å²) in [6.07, 6.45) is 3.98. The molecule has 2 N–H and O–H groups in total. The summed E-state index contributed by atoms with van der Waals surface area (Å²) in [5.41, 5.74) is 2.47. The standard InChI is InChI=1S/C24H31NO4S2/c1-4-5-11-24(2)15-25(17-9-7-6-8-10-17)18-12-22(30-3)20(13-21(18)31-16-24)29-14-19(26)23(27)28/h6-10,12-13,19,26H,4-5,11,14-16H2,1-3H3,(H,27,28). The molecule has 1 aliphatic heterocycles. The van der Waals surface area contributed by atoms with Crippen LogP contribution >= 0.6 is 23.5 Å². The molecular formula is C24H31NO4S2. The van der Waals surface area contributed by atoms with Crippen molar-refractivity contribution in [3.8, 4) is 5.75 Å². The van der Waals surface area contributed by atoms with Crippen molar-refractivity contribution in [1.29, 1.82) is 0 Å². The first-order valence-electron chi connectivity index (χ1n) is 10.6. The van der Waals surface area contributed by atoms with E-state index >= 15 is 0 Å². The molecule has 0 saturated heterocycles. The lowest BCUT2D eigenvalue weighted by Crippen LogP contribution is -2.33. The summed E-state index contributed by atoms with van der Waals surface area (Å²) in [7, 11) is 0. The van der Waals surface area contributed by atoms with E-state index in [0.717, 1.165) is 39.9 Å². The smallest absolute Gasteiger partial charge is 0.336 e. The van der Waals surface area contributed by atoms with E-state index in [9.17, 15) is 9.90 Å². The van der Waals surface area contributed by atoms with Crippen molar-refractivity contribution in [2.24, 2.45) is 5.41 Å². The van der Waals surface area contributed by atoms with E-state index < -0.39 is 12.1 Å². The van der Waals surface area contributed by atoms with Gasteiger partial charge in [-0.15, -0.1) is 23.5 Å². The van der Waals surface area contributed by atoms with Crippen LogP contribution in [0, 0.1) is 5.41 Å². The Morgan fingerprint density at radius 3 is 2.71 bits per heavy atom. The Kier molecular flexibility index (Phi) is 8.19. The van der Waals surface area contributed by atoms with Crippen LogP contribution in [0.4, 0.5) is 11.4 Å². The van der Waals surface area contributed by atoms with E-state index in [0.29, 0.717) is 5.75 Å². The van der Waals surface area contributed by atoms with Gasteiger partial charge in [-0.3, -0.25) is 0 Å². The number of benzene rings is 2. The SMILES string of the molecule is CCCCC1(C)CSc2cc(OCC(O)C(=O)O)c(SC)cc2N(c2ccccc2)C1. The van der Waals surface area contributed by atoms with E-state index in [1.165, 1.54) is 12.8 Å². The first-order chi connectivity index (χ1) is 14.9. The van der Waals surface area contributed by atoms with Gasteiger partial charge in [-0.05, 0) is 42.4 Å². The molecule has 3 rings (SSSR count). The summed E-state index contributed by atoms with van der Waals surface area (Å²) in [4.78, 5) is 15.4. The number of aliphatic hydroxyl groups excluding tert-OH is 1. The van der Waals surface area contributed by atoms with E-state index in [-0.39, 0.29) is 12.0 Å². The number of carboxylic acids is 1. The number of aliphatic carboxylic acids is 1. The van der Waals surface area contributed by atoms with Gasteiger partial charge in [0, 0.05) is 22.9 Å². The van der Waals surface area contributed by atoms with Gasteiger partial charge in [0.1, 0.15) is 12.4 Å². The Morgan fingerprint density at radius 1 is 1.32 bits per heavy atom. The first-order valence-corrected chi connectivity index (χ1v) is 12.8. The van der Waals surface area contributed by atoms with Crippen LogP contribution in [0.5, 0.6) is 5.75 Å². The first kappa shape index (κ1) is 23.8.